The Morgan fingerprint density at radius 2 is 1.78 bits per heavy atom. The van der Waals surface area contributed by atoms with E-state index in [2.05, 4.69) is 24.1 Å². The molecule has 1 heterocycles. The fraction of sp³-hybridized carbons (Fsp3) is 0.632. The first-order chi connectivity index (χ1) is 11.1. The molecule has 2 rings (SSSR count). The highest BCUT2D eigenvalue weighted by molar-refractivity contribution is 5.78. The van der Waals surface area contributed by atoms with Gasteiger partial charge in [0.05, 0.1) is 0 Å². The van der Waals surface area contributed by atoms with Gasteiger partial charge in [0.2, 0.25) is 6.41 Å². The molecule has 23 heavy (non-hydrogen) atoms. The van der Waals surface area contributed by atoms with E-state index in [0.717, 1.165) is 31.5 Å². The zero-order valence-electron chi connectivity index (χ0n) is 15.3. The molecule has 4 heteroatoms. The average Bonchev–Trinajstić information content (AvgIpc) is 2.59. The predicted molar refractivity (Wildman–Crippen MR) is 99.2 cm³/mol. The molecule has 1 aliphatic heterocycles. The molecule has 0 aromatic heterocycles. The summed E-state index contributed by atoms with van der Waals surface area (Å²) in [5, 5.41) is 3.31. The van der Waals surface area contributed by atoms with Gasteiger partial charge in [0.1, 0.15) is 0 Å². The SMILES string of the molecule is CCCCN(C=O)c1c(C)cccc1C.CCN1CCNCC1. The van der Waals surface area contributed by atoms with Gasteiger partial charge < -0.3 is 15.1 Å². The van der Waals surface area contributed by atoms with Gasteiger partial charge in [-0.05, 0) is 37.9 Å². The van der Waals surface area contributed by atoms with Crippen LogP contribution in [0.3, 0.4) is 0 Å². The largest absolute Gasteiger partial charge is 0.314 e. The van der Waals surface area contributed by atoms with E-state index in [1.807, 2.05) is 36.9 Å². The fourth-order valence-corrected chi connectivity index (χ4v) is 2.83. The third kappa shape index (κ3) is 6.71. The molecular weight excluding hydrogens is 286 g/mol. The van der Waals surface area contributed by atoms with Crippen molar-refractivity contribution in [2.75, 3.05) is 44.2 Å². The third-order valence-corrected chi connectivity index (χ3v) is 4.26. The lowest BCUT2D eigenvalue weighted by atomic mass is 10.1. The number of nitrogens with one attached hydrogen (secondary N) is 1. The van der Waals surface area contributed by atoms with E-state index < -0.39 is 0 Å². The van der Waals surface area contributed by atoms with Crippen LogP contribution in [0.4, 0.5) is 5.69 Å². The summed E-state index contributed by atoms with van der Waals surface area (Å²) in [6, 6.07) is 6.12. The van der Waals surface area contributed by atoms with Gasteiger partial charge in [-0.3, -0.25) is 4.79 Å². The zero-order chi connectivity index (χ0) is 17.1. The minimum atomic E-state index is 0.811. The molecule has 4 nitrogen and oxygen atoms in total. The van der Waals surface area contributed by atoms with E-state index in [9.17, 15) is 4.79 Å². The van der Waals surface area contributed by atoms with Gasteiger partial charge in [0.25, 0.3) is 0 Å². The first kappa shape index (κ1) is 19.7. The number of piperazine rings is 1. The summed E-state index contributed by atoms with van der Waals surface area (Å²) < 4.78 is 0. The van der Waals surface area contributed by atoms with Crippen molar-refractivity contribution in [3.63, 3.8) is 0 Å². The van der Waals surface area contributed by atoms with Gasteiger partial charge in [0, 0.05) is 38.4 Å². The minimum Gasteiger partial charge on any atom is -0.314 e. The summed E-state index contributed by atoms with van der Waals surface area (Å²) in [5.74, 6) is 0. The molecule has 1 aliphatic rings. The molecule has 0 unspecified atom stereocenters. The number of benzene rings is 1. The Bertz CT molecular complexity index is 436. The molecular formula is C19H33N3O. The van der Waals surface area contributed by atoms with Crippen molar-refractivity contribution in [2.45, 2.75) is 40.5 Å². The van der Waals surface area contributed by atoms with E-state index >= 15 is 0 Å². The number of hydrogen-bond acceptors (Lipinski definition) is 3. The standard InChI is InChI=1S/C13H19NO.C6H14N2/c1-4-5-9-14(10-15)13-11(2)7-6-8-12(13)3;1-2-8-5-3-7-4-6-8/h6-8,10H,4-5,9H2,1-3H3;7H,2-6H2,1H3. The van der Waals surface area contributed by atoms with Crippen LogP contribution in [0.1, 0.15) is 37.8 Å². The van der Waals surface area contributed by atoms with Crippen LogP contribution < -0.4 is 10.2 Å². The van der Waals surface area contributed by atoms with Gasteiger partial charge >= 0.3 is 0 Å². The maximum atomic E-state index is 11.0. The van der Waals surface area contributed by atoms with Crippen LogP contribution in [0.5, 0.6) is 0 Å². The summed E-state index contributed by atoms with van der Waals surface area (Å²) in [5.41, 5.74) is 3.40. The molecule has 0 saturated carbocycles. The lowest BCUT2D eigenvalue weighted by Gasteiger charge is -2.25. The Morgan fingerprint density at radius 1 is 1.17 bits per heavy atom. The number of unbranched alkanes of at least 4 members (excludes halogenated alkanes) is 1. The lowest BCUT2D eigenvalue weighted by molar-refractivity contribution is -0.107. The second-order valence-corrected chi connectivity index (χ2v) is 6.08. The van der Waals surface area contributed by atoms with Crippen molar-refractivity contribution in [3.8, 4) is 0 Å². The Labute approximate surface area is 141 Å². The second-order valence-electron chi connectivity index (χ2n) is 6.08. The number of hydrogen-bond donors (Lipinski definition) is 1. The molecule has 0 radical (unpaired) electrons. The normalized spacial score (nSPS) is 14.8. The quantitative estimate of drug-likeness (QED) is 0.819. The van der Waals surface area contributed by atoms with Crippen LogP contribution in [0.25, 0.3) is 0 Å². The Balaban J connectivity index is 0.000000277. The van der Waals surface area contributed by atoms with Crippen molar-refractivity contribution < 1.29 is 4.79 Å². The molecule has 1 saturated heterocycles. The van der Waals surface area contributed by atoms with E-state index in [-0.39, 0.29) is 0 Å². The molecule has 1 fully saturated rings. The molecule has 0 atom stereocenters. The van der Waals surface area contributed by atoms with E-state index in [1.165, 1.54) is 43.9 Å². The summed E-state index contributed by atoms with van der Waals surface area (Å²) in [4.78, 5) is 15.3. The first-order valence-corrected chi connectivity index (χ1v) is 8.85. The van der Waals surface area contributed by atoms with Crippen LogP contribution in [-0.2, 0) is 4.79 Å². The maximum Gasteiger partial charge on any atom is 0.214 e. The van der Waals surface area contributed by atoms with Crippen LogP contribution >= 0.6 is 0 Å². The fourth-order valence-electron chi connectivity index (χ4n) is 2.83. The van der Waals surface area contributed by atoms with Gasteiger partial charge in [0.15, 0.2) is 0 Å². The number of carbonyl (C=O) groups excluding carboxylic acids is 1. The van der Waals surface area contributed by atoms with Crippen molar-refractivity contribution in [1.82, 2.24) is 10.2 Å². The maximum absolute atomic E-state index is 11.0. The molecule has 1 aromatic carbocycles. The van der Waals surface area contributed by atoms with Gasteiger partial charge in [-0.25, -0.2) is 0 Å². The second kappa shape index (κ2) is 11.2. The van der Waals surface area contributed by atoms with Gasteiger partial charge in [-0.1, -0.05) is 38.5 Å². The molecule has 0 aliphatic carbocycles. The molecule has 1 N–H and O–H groups in total. The van der Waals surface area contributed by atoms with Crippen molar-refractivity contribution in [1.29, 1.82) is 0 Å². The van der Waals surface area contributed by atoms with Crippen LogP contribution in [0, 0.1) is 13.8 Å². The van der Waals surface area contributed by atoms with Crippen LogP contribution in [0.15, 0.2) is 18.2 Å². The zero-order valence-corrected chi connectivity index (χ0v) is 15.3. The monoisotopic (exact) mass is 319 g/mol. The Hall–Kier alpha value is -1.39. The molecule has 0 spiro atoms. The summed E-state index contributed by atoms with van der Waals surface area (Å²) >= 11 is 0. The summed E-state index contributed by atoms with van der Waals surface area (Å²) in [7, 11) is 0. The van der Waals surface area contributed by atoms with E-state index in [4.69, 9.17) is 0 Å². The smallest absolute Gasteiger partial charge is 0.214 e. The van der Waals surface area contributed by atoms with Crippen LogP contribution in [-0.4, -0.2) is 50.6 Å². The number of nitrogens with zero attached hydrogens (tertiary/aromatic N) is 2. The summed E-state index contributed by atoms with van der Waals surface area (Å²) in [6.45, 7) is 15.3. The van der Waals surface area contributed by atoms with Crippen molar-refractivity contribution >= 4 is 12.1 Å². The predicted octanol–water partition coefficient (Wildman–Crippen LogP) is 2.98. The van der Waals surface area contributed by atoms with E-state index in [0.29, 0.717) is 0 Å². The number of rotatable bonds is 6. The highest BCUT2D eigenvalue weighted by Crippen LogP contribution is 2.23. The highest BCUT2D eigenvalue weighted by atomic mass is 16.1. The van der Waals surface area contributed by atoms with Gasteiger partial charge in [-0.15, -0.1) is 0 Å². The third-order valence-electron chi connectivity index (χ3n) is 4.26. The Morgan fingerprint density at radius 3 is 2.22 bits per heavy atom. The number of aryl methyl sites for hydroxylation is 2. The van der Waals surface area contributed by atoms with E-state index in [1.54, 1.807) is 0 Å². The average molecular weight is 319 g/mol. The number of anilines is 1. The van der Waals surface area contributed by atoms with Gasteiger partial charge in [-0.2, -0.15) is 0 Å². The molecule has 1 amide bonds. The first-order valence-electron chi connectivity index (χ1n) is 8.85. The van der Waals surface area contributed by atoms with Crippen molar-refractivity contribution in [3.05, 3.63) is 29.3 Å². The Kier molecular flexibility index (Phi) is 9.57. The molecule has 0 bridgehead atoms. The topological polar surface area (TPSA) is 35.6 Å². The number of carbonyl (C=O) groups is 1. The lowest BCUT2D eigenvalue weighted by Crippen LogP contribution is -2.43. The summed E-state index contributed by atoms with van der Waals surface area (Å²) in [6.07, 6.45) is 3.09. The molecule has 130 valence electrons. The number of likely N-dealkylation sites (N-methyl/N-ethyl adjacent to an activating group) is 1. The number of amides is 1. The van der Waals surface area contributed by atoms with Crippen molar-refractivity contribution in [2.24, 2.45) is 0 Å². The highest BCUT2D eigenvalue weighted by Gasteiger charge is 2.09. The van der Waals surface area contributed by atoms with Crippen LogP contribution in [0.2, 0.25) is 0 Å². The molecule has 1 aromatic rings. The number of para-hydroxylation sites is 1. The minimum absolute atomic E-state index is 0.811.